The van der Waals surface area contributed by atoms with Crippen LogP contribution in [0.1, 0.15) is 0 Å². The molecule has 1 N–H and O–H groups in total. The van der Waals surface area contributed by atoms with Crippen LogP contribution in [0, 0.1) is 0 Å². The van der Waals surface area contributed by atoms with Crippen LogP contribution in [0.15, 0.2) is 48.8 Å². The monoisotopic (exact) mass is 272 g/mol. The molecule has 2 aromatic heterocycles. The smallest absolute Gasteiger partial charge is 0.416 e. The molecule has 0 unspecified atom stereocenters. The van der Waals surface area contributed by atoms with Crippen molar-refractivity contribution < 1.29 is 9.90 Å². The van der Waals surface area contributed by atoms with Crippen molar-refractivity contribution in [3.63, 3.8) is 0 Å². The topological polar surface area (TPSA) is 55.1 Å². The van der Waals surface area contributed by atoms with E-state index in [0.717, 1.165) is 10.9 Å². The fourth-order valence-corrected chi connectivity index (χ4v) is 2.30. The van der Waals surface area contributed by atoms with E-state index < -0.39 is 6.09 Å². The maximum Gasteiger partial charge on any atom is 0.416 e. The van der Waals surface area contributed by atoms with Gasteiger partial charge in [0.25, 0.3) is 0 Å². The van der Waals surface area contributed by atoms with Crippen molar-refractivity contribution in [1.82, 2.24) is 9.55 Å². The minimum Gasteiger partial charge on any atom is -0.464 e. The molecule has 0 bridgehead atoms. The number of carboxylic acid groups (broad SMARTS) is 1. The number of aromatic nitrogens is 2. The van der Waals surface area contributed by atoms with E-state index in [2.05, 4.69) is 4.98 Å². The molecule has 0 aliphatic heterocycles. The second-order valence-corrected chi connectivity index (χ2v) is 4.53. The minimum absolute atomic E-state index is 0.577. The lowest BCUT2D eigenvalue weighted by atomic mass is 10.2. The van der Waals surface area contributed by atoms with E-state index in [1.54, 1.807) is 42.7 Å². The van der Waals surface area contributed by atoms with Crippen LogP contribution in [-0.2, 0) is 0 Å². The molecule has 3 rings (SSSR count). The summed E-state index contributed by atoms with van der Waals surface area (Å²) in [5.74, 6) is 0. The standard InChI is InChI=1S/C14H9ClN2O2/c15-11-3-4-12-10(6-11)7-13(17(12)14(18)19)9-2-1-5-16-8-9/h1-8H,(H,18,19). The summed E-state index contributed by atoms with van der Waals surface area (Å²) in [6.45, 7) is 0. The van der Waals surface area contributed by atoms with Crippen LogP contribution in [0.4, 0.5) is 4.79 Å². The van der Waals surface area contributed by atoms with Crippen LogP contribution >= 0.6 is 11.6 Å². The van der Waals surface area contributed by atoms with Crippen molar-refractivity contribution in [2.75, 3.05) is 0 Å². The van der Waals surface area contributed by atoms with Gasteiger partial charge in [0.2, 0.25) is 0 Å². The number of hydrogen-bond donors (Lipinski definition) is 1. The van der Waals surface area contributed by atoms with Gasteiger partial charge in [0.1, 0.15) is 0 Å². The van der Waals surface area contributed by atoms with Gasteiger partial charge in [0.05, 0.1) is 11.2 Å². The quantitative estimate of drug-likeness (QED) is 0.731. The van der Waals surface area contributed by atoms with Crippen molar-refractivity contribution in [3.05, 3.63) is 53.8 Å². The fraction of sp³-hybridized carbons (Fsp3) is 0. The Bertz CT molecular complexity index is 766. The van der Waals surface area contributed by atoms with Crippen LogP contribution in [0.5, 0.6) is 0 Å². The number of halogens is 1. The van der Waals surface area contributed by atoms with E-state index in [9.17, 15) is 9.90 Å². The van der Waals surface area contributed by atoms with E-state index in [1.165, 1.54) is 4.57 Å². The Balaban J connectivity index is 2.35. The Kier molecular flexibility index (Phi) is 2.72. The molecule has 0 fully saturated rings. The summed E-state index contributed by atoms with van der Waals surface area (Å²) in [4.78, 5) is 15.5. The van der Waals surface area contributed by atoms with E-state index in [4.69, 9.17) is 11.6 Å². The largest absolute Gasteiger partial charge is 0.464 e. The summed E-state index contributed by atoms with van der Waals surface area (Å²) in [5, 5.41) is 10.8. The average molecular weight is 273 g/mol. The molecule has 1 aromatic carbocycles. The molecule has 3 aromatic rings. The van der Waals surface area contributed by atoms with Gasteiger partial charge in [-0.15, -0.1) is 0 Å². The second-order valence-electron chi connectivity index (χ2n) is 4.09. The number of hydrogen-bond acceptors (Lipinski definition) is 2. The lowest BCUT2D eigenvalue weighted by Gasteiger charge is -2.04. The third-order valence-electron chi connectivity index (χ3n) is 2.91. The zero-order chi connectivity index (χ0) is 13.4. The Morgan fingerprint density at radius 2 is 2.11 bits per heavy atom. The predicted octanol–water partition coefficient (Wildman–Crippen LogP) is 3.88. The highest BCUT2D eigenvalue weighted by Gasteiger charge is 2.15. The van der Waals surface area contributed by atoms with E-state index in [1.807, 2.05) is 6.07 Å². The Hall–Kier alpha value is -2.33. The molecule has 0 radical (unpaired) electrons. The number of rotatable bonds is 1. The molecule has 0 aliphatic carbocycles. The van der Waals surface area contributed by atoms with Crippen LogP contribution in [0.25, 0.3) is 22.2 Å². The van der Waals surface area contributed by atoms with Crippen LogP contribution in [0.2, 0.25) is 5.02 Å². The van der Waals surface area contributed by atoms with Gasteiger partial charge in [-0.25, -0.2) is 9.36 Å². The molecule has 4 nitrogen and oxygen atoms in total. The molecule has 2 heterocycles. The summed E-state index contributed by atoms with van der Waals surface area (Å²) >= 11 is 5.94. The third kappa shape index (κ3) is 1.96. The number of benzene rings is 1. The molecule has 0 atom stereocenters. The van der Waals surface area contributed by atoms with E-state index in [0.29, 0.717) is 16.2 Å². The molecule has 94 valence electrons. The third-order valence-corrected chi connectivity index (χ3v) is 3.15. The first kappa shape index (κ1) is 11.7. The van der Waals surface area contributed by atoms with Gasteiger partial charge in [-0.3, -0.25) is 4.98 Å². The zero-order valence-corrected chi connectivity index (χ0v) is 10.5. The van der Waals surface area contributed by atoms with Gasteiger partial charge in [-0.1, -0.05) is 11.6 Å². The van der Waals surface area contributed by atoms with Gasteiger partial charge in [0.15, 0.2) is 0 Å². The summed E-state index contributed by atoms with van der Waals surface area (Å²) in [5.41, 5.74) is 1.94. The Labute approximate surface area is 113 Å². The van der Waals surface area contributed by atoms with Gasteiger partial charge < -0.3 is 5.11 Å². The van der Waals surface area contributed by atoms with Gasteiger partial charge in [0, 0.05) is 28.4 Å². The Morgan fingerprint density at radius 3 is 2.79 bits per heavy atom. The van der Waals surface area contributed by atoms with Crippen molar-refractivity contribution in [1.29, 1.82) is 0 Å². The molecular weight excluding hydrogens is 264 g/mol. The first-order chi connectivity index (χ1) is 9.16. The second kappa shape index (κ2) is 4.40. The summed E-state index contributed by atoms with van der Waals surface area (Å²) in [6, 6.07) is 10.5. The number of pyridine rings is 1. The highest BCUT2D eigenvalue weighted by atomic mass is 35.5. The van der Waals surface area contributed by atoms with E-state index >= 15 is 0 Å². The van der Waals surface area contributed by atoms with Crippen molar-refractivity contribution >= 4 is 28.6 Å². The molecule has 5 heteroatoms. The number of carbonyl (C=O) groups is 1. The summed E-state index contributed by atoms with van der Waals surface area (Å²) < 4.78 is 1.24. The maximum atomic E-state index is 11.5. The molecule has 0 spiro atoms. The van der Waals surface area contributed by atoms with Gasteiger partial charge >= 0.3 is 6.09 Å². The fourth-order valence-electron chi connectivity index (χ4n) is 2.12. The predicted molar refractivity (Wildman–Crippen MR) is 73.6 cm³/mol. The maximum absolute atomic E-state index is 11.5. The number of nitrogens with zero attached hydrogens (tertiary/aromatic N) is 2. The van der Waals surface area contributed by atoms with Gasteiger partial charge in [-0.05, 0) is 36.4 Å². The molecular formula is C14H9ClN2O2. The summed E-state index contributed by atoms with van der Waals surface area (Å²) in [7, 11) is 0. The lowest BCUT2D eigenvalue weighted by Crippen LogP contribution is -2.08. The van der Waals surface area contributed by atoms with Crippen LogP contribution in [0.3, 0.4) is 0 Å². The molecule has 0 saturated heterocycles. The van der Waals surface area contributed by atoms with Crippen molar-refractivity contribution in [2.24, 2.45) is 0 Å². The number of fused-ring (bicyclic) bond motifs is 1. The minimum atomic E-state index is -1.03. The zero-order valence-electron chi connectivity index (χ0n) is 9.75. The normalized spacial score (nSPS) is 10.8. The first-order valence-corrected chi connectivity index (χ1v) is 5.99. The molecule has 0 amide bonds. The first-order valence-electron chi connectivity index (χ1n) is 5.61. The Morgan fingerprint density at radius 1 is 1.26 bits per heavy atom. The summed E-state index contributed by atoms with van der Waals surface area (Å²) in [6.07, 6.45) is 2.25. The van der Waals surface area contributed by atoms with E-state index in [-0.39, 0.29) is 0 Å². The SMILES string of the molecule is O=C(O)n1c(-c2cccnc2)cc2cc(Cl)ccc21. The highest BCUT2D eigenvalue weighted by molar-refractivity contribution is 6.31. The lowest BCUT2D eigenvalue weighted by molar-refractivity contribution is 0.198. The highest BCUT2D eigenvalue weighted by Crippen LogP contribution is 2.29. The van der Waals surface area contributed by atoms with Gasteiger partial charge in [-0.2, -0.15) is 0 Å². The van der Waals surface area contributed by atoms with Crippen molar-refractivity contribution in [2.45, 2.75) is 0 Å². The van der Waals surface area contributed by atoms with Crippen LogP contribution < -0.4 is 0 Å². The van der Waals surface area contributed by atoms with Crippen molar-refractivity contribution in [3.8, 4) is 11.3 Å². The molecule has 0 saturated carbocycles. The average Bonchev–Trinajstić information content (AvgIpc) is 2.78. The molecule has 0 aliphatic rings. The van der Waals surface area contributed by atoms with Crippen LogP contribution in [-0.4, -0.2) is 20.8 Å². The molecule has 19 heavy (non-hydrogen) atoms.